The molecule has 2 aliphatic heterocycles. The fraction of sp³-hybridized carbons (Fsp3) is 0.526. The van der Waals surface area contributed by atoms with Gasteiger partial charge in [0, 0.05) is 29.7 Å². The van der Waals surface area contributed by atoms with E-state index in [2.05, 4.69) is 15.9 Å². The van der Waals surface area contributed by atoms with Gasteiger partial charge in [-0.2, -0.15) is 0 Å². The van der Waals surface area contributed by atoms with Gasteiger partial charge in [0.2, 0.25) is 0 Å². The lowest BCUT2D eigenvalue weighted by atomic mass is 9.97. The molecule has 1 unspecified atom stereocenters. The summed E-state index contributed by atoms with van der Waals surface area (Å²) < 4.78 is 0.987. The van der Waals surface area contributed by atoms with Gasteiger partial charge in [-0.15, -0.1) is 0 Å². The predicted octanol–water partition coefficient (Wildman–Crippen LogP) is 3.35. The highest BCUT2D eigenvalue weighted by Gasteiger charge is 2.50. The van der Waals surface area contributed by atoms with Crippen molar-refractivity contribution in [3.63, 3.8) is 0 Å². The molecule has 138 valence electrons. The zero-order chi connectivity index (χ0) is 18.3. The molecule has 1 spiro atoms. The van der Waals surface area contributed by atoms with Gasteiger partial charge in [-0.3, -0.25) is 14.7 Å². The summed E-state index contributed by atoms with van der Waals surface area (Å²) in [7, 11) is 0. The third-order valence-electron chi connectivity index (χ3n) is 5.75. The molecule has 2 heterocycles. The van der Waals surface area contributed by atoms with Gasteiger partial charge in [0.15, 0.2) is 0 Å². The van der Waals surface area contributed by atoms with Crippen LogP contribution in [-0.4, -0.2) is 57.9 Å². The van der Waals surface area contributed by atoms with E-state index < -0.39 is 11.6 Å². The van der Waals surface area contributed by atoms with Crippen molar-refractivity contribution >= 4 is 33.8 Å². The zero-order valence-electron chi connectivity index (χ0n) is 14.5. The van der Waals surface area contributed by atoms with Gasteiger partial charge >= 0.3 is 6.09 Å². The maximum absolute atomic E-state index is 13.3. The minimum absolute atomic E-state index is 0.0988. The first kappa shape index (κ1) is 17.5. The fourth-order valence-corrected chi connectivity index (χ4v) is 4.61. The highest BCUT2D eigenvalue weighted by Crippen LogP contribution is 2.40. The Hall–Kier alpha value is -1.89. The number of amidine groups is 1. The lowest BCUT2D eigenvalue weighted by Crippen LogP contribution is -2.44. The number of halogens is 1. The van der Waals surface area contributed by atoms with Crippen molar-refractivity contribution in [1.29, 1.82) is 0 Å². The van der Waals surface area contributed by atoms with E-state index in [1.165, 1.54) is 4.90 Å². The van der Waals surface area contributed by atoms with Gasteiger partial charge in [-0.1, -0.05) is 40.9 Å². The summed E-state index contributed by atoms with van der Waals surface area (Å²) in [5, 5.41) is 9.18. The Bertz CT molecular complexity index is 756. The number of carboxylic acid groups (broad SMARTS) is 1. The Labute approximate surface area is 161 Å². The second-order valence-corrected chi connectivity index (χ2v) is 8.40. The zero-order valence-corrected chi connectivity index (χ0v) is 16.1. The van der Waals surface area contributed by atoms with Crippen LogP contribution < -0.4 is 0 Å². The first-order valence-corrected chi connectivity index (χ1v) is 9.93. The van der Waals surface area contributed by atoms with Crippen LogP contribution in [0, 0.1) is 5.92 Å². The number of aliphatic imine (C=N–C) groups is 1. The average molecular weight is 420 g/mol. The van der Waals surface area contributed by atoms with Crippen molar-refractivity contribution in [3.05, 3.63) is 34.3 Å². The maximum Gasteiger partial charge on any atom is 0.407 e. The smallest absolute Gasteiger partial charge is 0.407 e. The normalized spacial score (nSPS) is 24.6. The van der Waals surface area contributed by atoms with Crippen molar-refractivity contribution in [2.24, 2.45) is 10.9 Å². The lowest BCUT2D eigenvalue weighted by molar-refractivity contribution is -0.131. The van der Waals surface area contributed by atoms with E-state index in [1.807, 2.05) is 29.2 Å². The van der Waals surface area contributed by atoms with Crippen LogP contribution in [0.2, 0.25) is 0 Å². The Kier molecular flexibility index (Phi) is 4.50. The molecular weight excluding hydrogens is 398 g/mol. The van der Waals surface area contributed by atoms with Crippen molar-refractivity contribution in [3.8, 4) is 0 Å². The Morgan fingerprint density at radius 1 is 1.27 bits per heavy atom. The molecule has 1 saturated carbocycles. The second kappa shape index (κ2) is 6.68. The van der Waals surface area contributed by atoms with E-state index in [0.29, 0.717) is 19.6 Å². The monoisotopic (exact) mass is 419 g/mol. The number of nitrogens with zero attached hydrogens (tertiary/aromatic N) is 3. The van der Waals surface area contributed by atoms with Crippen molar-refractivity contribution in [2.45, 2.75) is 37.6 Å². The first-order chi connectivity index (χ1) is 12.5. The van der Waals surface area contributed by atoms with E-state index >= 15 is 0 Å². The van der Waals surface area contributed by atoms with Gasteiger partial charge in [0.25, 0.3) is 5.91 Å². The van der Waals surface area contributed by atoms with E-state index in [1.54, 1.807) is 0 Å². The topological polar surface area (TPSA) is 73.2 Å². The highest BCUT2D eigenvalue weighted by molar-refractivity contribution is 9.10. The molecule has 4 rings (SSSR count). The van der Waals surface area contributed by atoms with Crippen LogP contribution in [0.5, 0.6) is 0 Å². The molecule has 1 aromatic rings. The first-order valence-electron chi connectivity index (χ1n) is 9.14. The van der Waals surface area contributed by atoms with Gasteiger partial charge in [-0.25, -0.2) is 4.79 Å². The quantitative estimate of drug-likeness (QED) is 0.815. The minimum Gasteiger partial charge on any atom is -0.465 e. The molecular formula is C19H22BrN3O3. The summed E-state index contributed by atoms with van der Waals surface area (Å²) in [5.41, 5.74) is 0.353. The average Bonchev–Trinajstić information content (AvgIpc) is 3.33. The van der Waals surface area contributed by atoms with E-state index in [4.69, 9.17) is 4.99 Å². The number of carbonyl (C=O) groups is 2. The molecule has 2 fully saturated rings. The molecule has 26 heavy (non-hydrogen) atoms. The third-order valence-corrected chi connectivity index (χ3v) is 6.28. The molecule has 1 saturated heterocycles. The summed E-state index contributed by atoms with van der Waals surface area (Å²) in [6.07, 6.45) is 3.60. The number of hydrogen-bond acceptors (Lipinski definition) is 3. The van der Waals surface area contributed by atoms with Gasteiger partial charge in [0.1, 0.15) is 11.4 Å². The molecule has 0 radical (unpaired) electrons. The molecule has 3 aliphatic rings. The summed E-state index contributed by atoms with van der Waals surface area (Å²) in [5.74, 6) is 1.01. The van der Waals surface area contributed by atoms with Crippen LogP contribution in [0.3, 0.4) is 0 Å². The van der Waals surface area contributed by atoms with Crippen molar-refractivity contribution in [2.75, 3.05) is 19.6 Å². The van der Waals surface area contributed by atoms with Gasteiger partial charge in [-0.05, 0) is 37.3 Å². The number of hydrogen-bond donors (Lipinski definition) is 1. The molecule has 7 heteroatoms. The standard InChI is InChI=1S/C19H22BrN3O3/c20-15-5-3-14(4-6-15)16-21-19(8-1-2-9-19)17(24)23(16)12-13-7-10-22(11-13)18(25)26/h3-6,13H,1-2,7-12H2,(H,25,26). The van der Waals surface area contributed by atoms with Crippen LogP contribution in [-0.2, 0) is 4.79 Å². The molecule has 1 atom stereocenters. The third kappa shape index (κ3) is 3.02. The van der Waals surface area contributed by atoms with Crippen LogP contribution in [0.25, 0.3) is 0 Å². The number of amides is 2. The molecule has 1 aliphatic carbocycles. The van der Waals surface area contributed by atoms with Crippen LogP contribution in [0.4, 0.5) is 4.79 Å². The largest absolute Gasteiger partial charge is 0.465 e. The molecule has 0 bridgehead atoms. The van der Waals surface area contributed by atoms with Gasteiger partial charge < -0.3 is 10.0 Å². The molecule has 1 aromatic carbocycles. The van der Waals surface area contributed by atoms with Crippen molar-refractivity contribution in [1.82, 2.24) is 9.80 Å². The maximum atomic E-state index is 13.3. The minimum atomic E-state index is -0.880. The Morgan fingerprint density at radius 2 is 1.96 bits per heavy atom. The SMILES string of the molecule is O=C(O)N1CCC(CN2C(=O)C3(CCCC3)N=C2c2ccc(Br)cc2)C1. The van der Waals surface area contributed by atoms with Crippen LogP contribution >= 0.6 is 15.9 Å². The van der Waals surface area contributed by atoms with E-state index in [9.17, 15) is 14.7 Å². The van der Waals surface area contributed by atoms with E-state index in [-0.39, 0.29) is 11.8 Å². The molecule has 6 nitrogen and oxygen atoms in total. The summed E-state index contributed by atoms with van der Waals surface area (Å²) in [6, 6.07) is 7.88. The van der Waals surface area contributed by atoms with Crippen LogP contribution in [0.15, 0.2) is 33.7 Å². The van der Waals surface area contributed by atoms with Crippen LogP contribution in [0.1, 0.15) is 37.7 Å². The Balaban J connectivity index is 1.61. The highest BCUT2D eigenvalue weighted by atomic mass is 79.9. The molecule has 2 amide bonds. The van der Waals surface area contributed by atoms with Gasteiger partial charge in [0.05, 0.1) is 0 Å². The van der Waals surface area contributed by atoms with Crippen molar-refractivity contribution < 1.29 is 14.7 Å². The Morgan fingerprint density at radius 3 is 2.58 bits per heavy atom. The second-order valence-electron chi connectivity index (χ2n) is 7.48. The summed E-state index contributed by atoms with van der Waals surface area (Å²) in [6.45, 7) is 1.57. The number of benzene rings is 1. The predicted molar refractivity (Wildman–Crippen MR) is 101 cm³/mol. The number of likely N-dealkylation sites (tertiary alicyclic amines) is 1. The molecule has 1 N–H and O–H groups in total. The fourth-order valence-electron chi connectivity index (χ4n) is 4.35. The lowest BCUT2D eigenvalue weighted by Gasteiger charge is -2.25. The number of rotatable bonds is 3. The summed E-state index contributed by atoms with van der Waals surface area (Å²) >= 11 is 3.45. The molecule has 0 aromatic heterocycles. The van der Waals surface area contributed by atoms with E-state index in [0.717, 1.165) is 48.0 Å². The summed E-state index contributed by atoms with van der Waals surface area (Å²) in [4.78, 5) is 32.6. The number of carbonyl (C=O) groups excluding carboxylic acids is 1.